The van der Waals surface area contributed by atoms with E-state index in [2.05, 4.69) is 15.6 Å². The lowest BCUT2D eigenvalue weighted by Gasteiger charge is -2.22. The normalized spacial score (nSPS) is 17.7. The lowest BCUT2D eigenvalue weighted by Crippen LogP contribution is -2.47. The summed E-state index contributed by atoms with van der Waals surface area (Å²) in [5, 5.41) is 6.69. The highest BCUT2D eigenvalue weighted by atomic mass is 127. The van der Waals surface area contributed by atoms with Gasteiger partial charge in [0, 0.05) is 32.1 Å². The van der Waals surface area contributed by atoms with Crippen molar-refractivity contribution >= 4 is 35.8 Å². The maximum Gasteiger partial charge on any atom is 0.225 e. The summed E-state index contributed by atoms with van der Waals surface area (Å²) in [6, 6.07) is 7.81. The van der Waals surface area contributed by atoms with Gasteiger partial charge >= 0.3 is 0 Å². The van der Waals surface area contributed by atoms with Gasteiger partial charge in [-0.1, -0.05) is 26.0 Å². The van der Waals surface area contributed by atoms with Gasteiger partial charge in [0.2, 0.25) is 5.91 Å². The Labute approximate surface area is 185 Å². The van der Waals surface area contributed by atoms with E-state index in [0.717, 1.165) is 18.7 Å². The SMILES string of the molecule is CN=C(NCC(C)Oc1ccccc1OC)NC1CCN(C(=O)C(C)C)C1.I. The second-order valence-electron chi connectivity index (χ2n) is 7.10. The highest BCUT2D eigenvalue weighted by Crippen LogP contribution is 2.26. The molecule has 1 aliphatic rings. The maximum absolute atomic E-state index is 12.1. The van der Waals surface area contributed by atoms with Crippen LogP contribution in [-0.2, 0) is 4.79 Å². The van der Waals surface area contributed by atoms with Crippen LogP contribution in [0.1, 0.15) is 27.2 Å². The van der Waals surface area contributed by atoms with Crippen LogP contribution in [0.4, 0.5) is 0 Å². The molecular weight excluding hydrogens is 471 g/mol. The van der Waals surface area contributed by atoms with Crippen LogP contribution in [0.3, 0.4) is 0 Å². The minimum Gasteiger partial charge on any atom is -0.493 e. The Kier molecular flexibility index (Phi) is 10.4. The summed E-state index contributed by atoms with van der Waals surface area (Å²) in [6.45, 7) is 7.97. The molecule has 1 aliphatic heterocycles. The third-order valence-electron chi connectivity index (χ3n) is 4.51. The molecule has 1 amide bonds. The molecule has 0 radical (unpaired) electrons. The number of amides is 1. The molecule has 2 N–H and O–H groups in total. The van der Waals surface area contributed by atoms with Crippen LogP contribution >= 0.6 is 24.0 Å². The fourth-order valence-electron chi connectivity index (χ4n) is 3.05. The quantitative estimate of drug-likeness (QED) is 0.339. The average Bonchev–Trinajstić information content (AvgIpc) is 3.13. The number of carbonyl (C=O) groups excluding carboxylic acids is 1. The topological polar surface area (TPSA) is 75.2 Å². The van der Waals surface area contributed by atoms with Gasteiger partial charge in [-0.2, -0.15) is 0 Å². The molecule has 28 heavy (non-hydrogen) atoms. The summed E-state index contributed by atoms with van der Waals surface area (Å²) >= 11 is 0. The van der Waals surface area contributed by atoms with Gasteiger partial charge in [-0.3, -0.25) is 9.79 Å². The van der Waals surface area contributed by atoms with Gasteiger partial charge in [0.05, 0.1) is 13.7 Å². The molecule has 0 bridgehead atoms. The summed E-state index contributed by atoms with van der Waals surface area (Å²) in [4.78, 5) is 18.3. The maximum atomic E-state index is 12.1. The number of hydrogen-bond donors (Lipinski definition) is 2. The number of likely N-dealkylation sites (tertiary alicyclic amines) is 1. The second kappa shape index (κ2) is 12.0. The minimum absolute atomic E-state index is 0. The molecule has 158 valence electrons. The summed E-state index contributed by atoms with van der Waals surface area (Å²) in [5.41, 5.74) is 0. The Bertz CT molecular complexity index is 654. The van der Waals surface area contributed by atoms with Crippen molar-refractivity contribution in [2.45, 2.75) is 39.3 Å². The number of benzene rings is 1. The van der Waals surface area contributed by atoms with E-state index < -0.39 is 0 Å². The minimum atomic E-state index is -0.0672. The van der Waals surface area contributed by atoms with Crippen molar-refractivity contribution in [2.24, 2.45) is 10.9 Å². The number of methoxy groups -OCH3 is 1. The van der Waals surface area contributed by atoms with Crippen molar-refractivity contribution in [3.8, 4) is 11.5 Å². The predicted octanol–water partition coefficient (Wildman–Crippen LogP) is 2.50. The van der Waals surface area contributed by atoms with Gasteiger partial charge in [-0.25, -0.2) is 0 Å². The monoisotopic (exact) mass is 504 g/mol. The molecule has 1 heterocycles. The van der Waals surface area contributed by atoms with Crippen molar-refractivity contribution in [3.63, 3.8) is 0 Å². The van der Waals surface area contributed by atoms with Crippen molar-refractivity contribution in [3.05, 3.63) is 24.3 Å². The number of nitrogens with one attached hydrogen (secondary N) is 2. The molecule has 1 aromatic rings. The molecule has 2 atom stereocenters. The Morgan fingerprint density at radius 1 is 1.29 bits per heavy atom. The lowest BCUT2D eigenvalue weighted by molar-refractivity contribution is -0.133. The molecule has 0 aromatic heterocycles. The number of guanidine groups is 1. The number of hydrogen-bond acceptors (Lipinski definition) is 4. The smallest absolute Gasteiger partial charge is 0.225 e. The number of carbonyl (C=O) groups is 1. The van der Waals surface area contributed by atoms with Crippen LogP contribution < -0.4 is 20.1 Å². The summed E-state index contributed by atoms with van der Waals surface area (Å²) in [5.74, 6) is 2.40. The summed E-state index contributed by atoms with van der Waals surface area (Å²) in [6.07, 6.45) is 0.856. The Morgan fingerprint density at radius 3 is 2.57 bits per heavy atom. The van der Waals surface area contributed by atoms with Gasteiger partial charge in [0.25, 0.3) is 0 Å². The van der Waals surface area contributed by atoms with Crippen molar-refractivity contribution in [1.29, 1.82) is 0 Å². The van der Waals surface area contributed by atoms with Gasteiger partial charge in [0.1, 0.15) is 6.10 Å². The first-order valence-corrected chi connectivity index (χ1v) is 9.50. The predicted molar refractivity (Wildman–Crippen MR) is 123 cm³/mol. The van der Waals surface area contributed by atoms with Crippen LogP contribution in [0.25, 0.3) is 0 Å². The largest absolute Gasteiger partial charge is 0.493 e. The summed E-state index contributed by atoms with van der Waals surface area (Å²) in [7, 11) is 3.37. The zero-order chi connectivity index (χ0) is 19.8. The Hall–Kier alpha value is -1.71. The van der Waals surface area contributed by atoms with Crippen LogP contribution in [0.2, 0.25) is 0 Å². The van der Waals surface area contributed by atoms with Crippen LogP contribution in [0.15, 0.2) is 29.3 Å². The first-order valence-electron chi connectivity index (χ1n) is 9.50. The third-order valence-corrected chi connectivity index (χ3v) is 4.51. The van der Waals surface area contributed by atoms with Crippen LogP contribution in [0.5, 0.6) is 11.5 Å². The molecule has 8 heteroatoms. The first-order chi connectivity index (χ1) is 12.9. The van der Waals surface area contributed by atoms with Crippen molar-refractivity contribution in [1.82, 2.24) is 15.5 Å². The van der Waals surface area contributed by atoms with Gasteiger partial charge in [-0.05, 0) is 25.5 Å². The van der Waals surface area contributed by atoms with E-state index in [1.165, 1.54) is 0 Å². The van der Waals surface area contributed by atoms with E-state index in [9.17, 15) is 4.79 Å². The zero-order valence-electron chi connectivity index (χ0n) is 17.4. The number of para-hydroxylation sites is 2. The first kappa shape index (κ1) is 24.3. The number of ether oxygens (including phenoxy) is 2. The lowest BCUT2D eigenvalue weighted by atomic mass is 10.2. The zero-order valence-corrected chi connectivity index (χ0v) is 19.7. The second-order valence-corrected chi connectivity index (χ2v) is 7.10. The number of rotatable bonds is 7. The van der Waals surface area contributed by atoms with Gasteiger partial charge in [-0.15, -0.1) is 24.0 Å². The highest BCUT2D eigenvalue weighted by molar-refractivity contribution is 14.0. The van der Waals surface area contributed by atoms with E-state index in [1.807, 2.05) is 49.9 Å². The van der Waals surface area contributed by atoms with Crippen LogP contribution in [-0.4, -0.2) is 62.7 Å². The van der Waals surface area contributed by atoms with Crippen molar-refractivity contribution < 1.29 is 14.3 Å². The molecule has 1 fully saturated rings. The van der Waals surface area contributed by atoms with E-state index in [4.69, 9.17) is 9.47 Å². The average molecular weight is 504 g/mol. The Morgan fingerprint density at radius 2 is 1.96 bits per heavy atom. The molecule has 0 spiro atoms. The van der Waals surface area contributed by atoms with E-state index in [-0.39, 0.29) is 47.9 Å². The number of halogens is 1. The molecular formula is C20H33IN4O3. The number of aliphatic imine (C=N–C) groups is 1. The summed E-state index contributed by atoms with van der Waals surface area (Å²) < 4.78 is 11.3. The highest BCUT2D eigenvalue weighted by Gasteiger charge is 2.28. The van der Waals surface area contributed by atoms with Gasteiger partial charge in [0.15, 0.2) is 17.5 Å². The van der Waals surface area contributed by atoms with Crippen molar-refractivity contribution in [2.75, 3.05) is 33.8 Å². The molecule has 7 nitrogen and oxygen atoms in total. The van der Waals surface area contributed by atoms with Crippen LogP contribution in [0, 0.1) is 5.92 Å². The standard InChI is InChI=1S/C20H32N4O3.HI/c1-14(2)19(25)24-11-10-16(13-24)23-20(21-4)22-12-15(3)27-18-9-7-6-8-17(18)26-5;/h6-9,14-16H,10-13H2,1-5H3,(H2,21,22,23);1H. The molecule has 0 aliphatic carbocycles. The van der Waals surface area contributed by atoms with Gasteiger partial charge < -0.3 is 25.0 Å². The Balaban J connectivity index is 0.00000392. The van der Waals surface area contributed by atoms with E-state index >= 15 is 0 Å². The molecule has 1 saturated heterocycles. The number of nitrogens with zero attached hydrogens (tertiary/aromatic N) is 2. The molecule has 0 saturated carbocycles. The van der Waals surface area contributed by atoms with E-state index in [1.54, 1.807) is 14.2 Å². The molecule has 2 unspecified atom stereocenters. The molecule has 2 rings (SSSR count). The molecule has 1 aromatic carbocycles. The van der Waals surface area contributed by atoms with E-state index in [0.29, 0.717) is 24.8 Å². The fraction of sp³-hybridized carbons (Fsp3) is 0.600. The third kappa shape index (κ3) is 7.03. The fourth-order valence-corrected chi connectivity index (χ4v) is 3.05.